The first-order valence-corrected chi connectivity index (χ1v) is 15.6. The Bertz CT molecular complexity index is 1440. The van der Waals surface area contributed by atoms with Crippen LogP contribution in [0.5, 0.6) is 0 Å². The Morgan fingerprint density at radius 1 is 1.18 bits per heavy atom. The van der Waals surface area contributed by atoms with Gasteiger partial charge in [-0.15, -0.1) is 0 Å². The van der Waals surface area contributed by atoms with E-state index in [4.69, 9.17) is 25.9 Å². The summed E-state index contributed by atoms with van der Waals surface area (Å²) < 4.78 is 10.5. The zero-order valence-electron chi connectivity index (χ0n) is 25.9. The van der Waals surface area contributed by atoms with Gasteiger partial charge in [0.2, 0.25) is 17.6 Å². The molecule has 2 amide bonds. The van der Waals surface area contributed by atoms with Crippen LogP contribution in [0.2, 0.25) is 5.02 Å². The Morgan fingerprint density at radius 2 is 1.89 bits per heavy atom. The fourth-order valence-electron chi connectivity index (χ4n) is 5.27. The van der Waals surface area contributed by atoms with E-state index >= 15 is 0 Å². The van der Waals surface area contributed by atoms with Crippen molar-refractivity contribution in [1.82, 2.24) is 31.0 Å². The topological polar surface area (TPSA) is 134 Å². The Kier molecular flexibility index (Phi) is 11.9. The fourth-order valence-corrected chi connectivity index (χ4v) is 5.55. The van der Waals surface area contributed by atoms with Gasteiger partial charge in [-0.1, -0.05) is 55.4 Å². The van der Waals surface area contributed by atoms with E-state index in [-0.39, 0.29) is 30.4 Å². The van der Waals surface area contributed by atoms with E-state index < -0.39 is 0 Å². The molecule has 11 nitrogen and oxygen atoms in total. The number of amidine groups is 1. The van der Waals surface area contributed by atoms with E-state index in [0.29, 0.717) is 63.9 Å². The van der Waals surface area contributed by atoms with Crippen LogP contribution in [0, 0.1) is 6.92 Å². The van der Waals surface area contributed by atoms with Gasteiger partial charge in [-0.05, 0) is 57.8 Å². The number of ether oxygens (including phenoxy) is 1. The molecule has 2 fully saturated rings. The number of hydrogen-bond donors (Lipinski definition) is 3. The third-order valence-corrected chi connectivity index (χ3v) is 7.80. The third-order valence-electron chi connectivity index (χ3n) is 7.48. The minimum absolute atomic E-state index is 0.0520. The highest BCUT2D eigenvalue weighted by molar-refractivity contribution is 6.38. The Balaban J connectivity index is 0.00000216. The summed E-state index contributed by atoms with van der Waals surface area (Å²) in [7, 11) is 0. The van der Waals surface area contributed by atoms with Crippen LogP contribution < -0.4 is 16.0 Å². The van der Waals surface area contributed by atoms with E-state index in [1.165, 1.54) is 4.90 Å². The zero-order chi connectivity index (χ0) is 31.6. The number of carbonyl (C=O) groups excluding carboxylic acids is 2. The van der Waals surface area contributed by atoms with Gasteiger partial charge in [-0.3, -0.25) is 14.5 Å². The van der Waals surface area contributed by atoms with Crippen LogP contribution in [-0.4, -0.2) is 77.6 Å². The molecule has 3 aliphatic heterocycles. The second kappa shape index (κ2) is 15.8. The first-order valence-electron chi connectivity index (χ1n) is 15.2. The lowest BCUT2D eigenvalue weighted by atomic mass is 9.95. The molecule has 0 radical (unpaired) electrons. The summed E-state index contributed by atoms with van der Waals surface area (Å²) in [6.45, 7) is 14.5. The van der Waals surface area contributed by atoms with Crippen molar-refractivity contribution in [2.75, 3.05) is 32.8 Å². The Morgan fingerprint density at radius 3 is 2.52 bits per heavy atom. The van der Waals surface area contributed by atoms with Gasteiger partial charge in [0, 0.05) is 59.5 Å². The standard InChI is InChI=1S/C30H36ClN7O4.C2H6/c1-4-20-15-25(24-6-5-21(16-26(24)31)28-35-19(3)42-37-28)30(40)38(17-27(39)36-22-7-11-32-12-8-22)29(20)34-18(2)33-23-9-13-41-14-10-23;1-2/h4-6,15-16,22-23,32-33H,2,7-14,17H2,1,3H3,(H,36,39);1-2H3/b20-4-,34-29+;. The Hall–Kier alpha value is -3.80. The van der Waals surface area contributed by atoms with Crippen LogP contribution in [0.25, 0.3) is 17.0 Å². The lowest BCUT2D eigenvalue weighted by Gasteiger charge is -2.32. The van der Waals surface area contributed by atoms with Crippen LogP contribution in [0.1, 0.15) is 57.9 Å². The van der Waals surface area contributed by atoms with Gasteiger partial charge in [0.15, 0.2) is 0 Å². The summed E-state index contributed by atoms with van der Waals surface area (Å²) >= 11 is 6.72. The smallest absolute Gasteiger partial charge is 0.260 e. The molecule has 44 heavy (non-hydrogen) atoms. The van der Waals surface area contributed by atoms with Crippen LogP contribution in [0.4, 0.5) is 0 Å². The number of nitrogens with one attached hydrogen (secondary N) is 3. The lowest BCUT2D eigenvalue weighted by Crippen LogP contribution is -2.50. The van der Waals surface area contributed by atoms with Crippen molar-refractivity contribution in [3.05, 3.63) is 64.8 Å². The summed E-state index contributed by atoms with van der Waals surface area (Å²) in [5.74, 6) is 0.973. The molecule has 3 N–H and O–H groups in total. The van der Waals surface area contributed by atoms with Gasteiger partial charge in [0.25, 0.3) is 5.91 Å². The third kappa shape index (κ3) is 8.22. The number of aliphatic imine (C=N–C) groups is 1. The molecule has 12 heteroatoms. The Labute approximate surface area is 263 Å². The molecule has 1 aromatic heterocycles. The molecule has 2 saturated heterocycles. The zero-order valence-corrected chi connectivity index (χ0v) is 26.7. The number of aryl methyl sites for hydroxylation is 1. The SMILES string of the molecule is C=C(/N=C1\C(=C/C)C=C(c2ccc(-c3noc(C)n3)cc2Cl)C(=O)N1CC(=O)NC1CCNCC1)NC1CCOCC1.CC. The van der Waals surface area contributed by atoms with Gasteiger partial charge in [-0.2, -0.15) is 4.98 Å². The highest BCUT2D eigenvalue weighted by Gasteiger charge is 2.34. The highest BCUT2D eigenvalue weighted by Crippen LogP contribution is 2.33. The van der Waals surface area contributed by atoms with E-state index in [1.54, 1.807) is 31.2 Å². The van der Waals surface area contributed by atoms with Gasteiger partial charge in [0.1, 0.15) is 18.2 Å². The molecule has 3 aliphatic rings. The number of aromatic nitrogens is 2. The van der Waals surface area contributed by atoms with Crippen molar-refractivity contribution < 1.29 is 18.8 Å². The van der Waals surface area contributed by atoms with Gasteiger partial charge >= 0.3 is 0 Å². The number of nitrogens with zero attached hydrogens (tertiary/aromatic N) is 4. The molecule has 0 saturated carbocycles. The molecule has 1 aromatic carbocycles. The maximum Gasteiger partial charge on any atom is 0.260 e. The molecule has 0 spiro atoms. The van der Waals surface area contributed by atoms with Crippen molar-refractivity contribution in [1.29, 1.82) is 0 Å². The normalized spacial score (nSPS) is 19.8. The summed E-state index contributed by atoms with van der Waals surface area (Å²) in [5, 5.41) is 14.0. The molecular weight excluding hydrogens is 582 g/mol. The number of rotatable bonds is 8. The summed E-state index contributed by atoms with van der Waals surface area (Å²) in [6.07, 6.45) is 6.95. The number of hydrogen-bond acceptors (Lipinski definition) is 9. The van der Waals surface area contributed by atoms with Crippen molar-refractivity contribution in [2.45, 2.75) is 65.5 Å². The first-order chi connectivity index (χ1) is 21.3. The van der Waals surface area contributed by atoms with Gasteiger partial charge < -0.3 is 25.2 Å². The number of piperidine rings is 1. The molecule has 236 valence electrons. The highest BCUT2D eigenvalue weighted by atomic mass is 35.5. The molecule has 2 aromatic rings. The summed E-state index contributed by atoms with van der Waals surface area (Å²) in [5.41, 5.74) is 2.20. The largest absolute Gasteiger partial charge is 0.381 e. The maximum absolute atomic E-state index is 14.1. The van der Waals surface area contributed by atoms with E-state index in [2.05, 4.69) is 32.7 Å². The molecule has 0 atom stereocenters. The number of halogens is 1. The number of benzene rings is 1. The molecule has 5 rings (SSSR count). The number of amides is 2. The molecular formula is C32H42ClN7O4. The van der Waals surface area contributed by atoms with E-state index in [0.717, 1.165) is 38.8 Å². The molecule has 4 heterocycles. The lowest BCUT2D eigenvalue weighted by molar-refractivity contribution is -0.129. The van der Waals surface area contributed by atoms with Crippen LogP contribution in [0.3, 0.4) is 0 Å². The minimum Gasteiger partial charge on any atom is -0.381 e. The second-order valence-corrected chi connectivity index (χ2v) is 10.9. The van der Waals surface area contributed by atoms with Crippen molar-refractivity contribution >= 4 is 34.8 Å². The van der Waals surface area contributed by atoms with E-state index in [1.807, 2.05) is 26.8 Å². The summed E-state index contributed by atoms with van der Waals surface area (Å²) in [6, 6.07) is 5.46. The predicted molar refractivity (Wildman–Crippen MR) is 172 cm³/mol. The van der Waals surface area contributed by atoms with Crippen molar-refractivity contribution in [2.24, 2.45) is 4.99 Å². The number of allylic oxidation sites excluding steroid dienone is 1. The van der Waals surface area contributed by atoms with Crippen molar-refractivity contribution in [3.63, 3.8) is 0 Å². The molecule has 0 aliphatic carbocycles. The molecule has 0 unspecified atom stereocenters. The summed E-state index contributed by atoms with van der Waals surface area (Å²) in [4.78, 5) is 37.8. The maximum atomic E-state index is 14.1. The van der Waals surface area contributed by atoms with Crippen LogP contribution in [-0.2, 0) is 14.3 Å². The van der Waals surface area contributed by atoms with Crippen LogP contribution >= 0.6 is 11.6 Å². The fraction of sp³-hybridized carbons (Fsp3) is 0.469. The molecule has 0 bridgehead atoms. The van der Waals surface area contributed by atoms with Gasteiger partial charge in [0.05, 0.1) is 0 Å². The van der Waals surface area contributed by atoms with E-state index in [9.17, 15) is 9.59 Å². The average Bonchev–Trinajstić information content (AvgIpc) is 3.47. The van der Waals surface area contributed by atoms with Gasteiger partial charge in [-0.25, -0.2) is 4.99 Å². The minimum atomic E-state index is -0.385. The monoisotopic (exact) mass is 623 g/mol. The number of carbonyl (C=O) groups is 2. The quantitative estimate of drug-likeness (QED) is 0.394. The second-order valence-electron chi connectivity index (χ2n) is 10.5. The predicted octanol–water partition coefficient (Wildman–Crippen LogP) is 4.40. The average molecular weight is 624 g/mol. The van der Waals surface area contributed by atoms with Crippen LogP contribution in [0.15, 0.2) is 57.8 Å². The first kappa shape index (κ1) is 33.1. The van der Waals surface area contributed by atoms with Crippen molar-refractivity contribution in [3.8, 4) is 11.4 Å².